The van der Waals surface area contributed by atoms with Gasteiger partial charge < -0.3 is 4.74 Å². The van der Waals surface area contributed by atoms with E-state index in [1.165, 1.54) is 6.26 Å². The summed E-state index contributed by atoms with van der Waals surface area (Å²) in [5.74, 6) is 0.672. The number of hydrogen-bond acceptors (Lipinski definition) is 6. The molecule has 7 heteroatoms. The molecule has 1 N–H and O–H groups in total. The van der Waals surface area contributed by atoms with Gasteiger partial charge in [0.25, 0.3) is 0 Å². The van der Waals surface area contributed by atoms with Crippen molar-refractivity contribution in [3.05, 3.63) is 0 Å². The fourth-order valence-electron chi connectivity index (χ4n) is 2.77. The van der Waals surface area contributed by atoms with E-state index in [0.29, 0.717) is 23.7 Å². The van der Waals surface area contributed by atoms with Gasteiger partial charge in [-0.2, -0.15) is 11.8 Å². The second-order valence-electron chi connectivity index (χ2n) is 6.09. The summed E-state index contributed by atoms with van der Waals surface area (Å²) in [6.45, 7) is 2.23. The van der Waals surface area contributed by atoms with Crippen LogP contribution in [0.15, 0.2) is 0 Å². The number of nitrogens with one attached hydrogen (secondary N) is 1. The van der Waals surface area contributed by atoms with Gasteiger partial charge in [-0.05, 0) is 39.0 Å². The molecule has 21 heavy (non-hydrogen) atoms. The summed E-state index contributed by atoms with van der Waals surface area (Å²) in [5, 5.41) is 3.82. The molecule has 2 saturated carbocycles. The summed E-state index contributed by atoms with van der Waals surface area (Å²) in [4.78, 5) is 12.3. The van der Waals surface area contributed by atoms with Gasteiger partial charge in [-0.15, -0.1) is 0 Å². The number of ether oxygens (including phenoxy) is 1. The highest BCUT2D eigenvalue weighted by molar-refractivity contribution is 8.01. The highest BCUT2D eigenvalue weighted by Crippen LogP contribution is 2.40. The summed E-state index contributed by atoms with van der Waals surface area (Å²) >= 11 is 1.67. The van der Waals surface area contributed by atoms with Gasteiger partial charge in [0.2, 0.25) is 0 Å². The van der Waals surface area contributed by atoms with Crippen molar-refractivity contribution in [3.8, 4) is 0 Å². The average Bonchev–Trinajstić information content (AvgIpc) is 3.08. The third kappa shape index (κ3) is 5.14. The van der Waals surface area contributed by atoms with Crippen LogP contribution in [0.3, 0.4) is 0 Å². The van der Waals surface area contributed by atoms with E-state index in [-0.39, 0.29) is 11.7 Å². The lowest BCUT2D eigenvalue weighted by atomic mass is 9.97. The molecule has 2 aliphatic rings. The predicted octanol–water partition coefficient (Wildman–Crippen LogP) is 1.37. The van der Waals surface area contributed by atoms with Crippen LogP contribution in [-0.2, 0) is 19.4 Å². The standard InChI is InChI=1S/C14H25NO4S2/c1-3-19-13(16)14(15-11-4-5-11)7-6-12(10-14)20-8-9-21(2,17)18/h11-12,15H,3-10H2,1-2H3. The molecule has 2 atom stereocenters. The molecule has 0 amide bonds. The first-order chi connectivity index (χ1) is 9.85. The van der Waals surface area contributed by atoms with Crippen molar-refractivity contribution in [2.75, 3.05) is 24.4 Å². The van der Waals surface area contributed by atoms with Crippen LogP contribution in [0.5, 0.6) is 0 Å². The molecular weight excluding hydrogens is 310 g/mol. The molecule has 0 bridgehead atoms. The van der Waals surface area contributed by atoms with Crippen molar-refractivity contribution in [1.82, 2.24) is 5.32 Å². The van der Waals surface area contributed by atoms with E-state index in [1.54, 1.807) is 11.8 Å². The predicted molar refractivity (Wildman–Crippen MR) is 85.3 cm³/mol. The monoisotopic (exact) mass is 335 g/mol. The van der Waals surface area contributed by atoms with Gasteiger partial charge in [-0.3, -0.25) is 10.1 Å². The van der Waals surface area contributed by atoms with Crippen LogP contribution in [0.25, 0.3) is 0 Å². The maximum atomic E-state index is 12.3. The van der Waals surface area contributed by atoms with E-state index in [4.69, 9.17) is 4.74 Å². The SMILES string of the molecule is CCOC(=O)C1(NC2CC2)CCC(SCCS(C)(=O)=O)C1. The number of sulfone groups is 1. The lowest BCUT2D eigenvalue weighted by molar-refractivity contribution is -0.151. The molecule has 0 heterocycles. The Balaban J connectivity index is 1.89. The van der Waals surface area contributed by atoms with Crippen molar-refractivity contribution < 1.29 is 17.9 Å². The summed E-state index contributed by atoms with van der Waals surface area (Å²) in [7, 11) is -2.91. The third-order valence-electron chi connectivity index (χ3n) is 4.00. The first kappa shape index (κ1) is 17.1. The van der Waals surface area contributed by atoms with Crippen LogP contribution < -0.4 is 5.32 Å². The fourth-order valence-corrected chi connectivity index (χ4v) is 5.39. The summed E-state index contributed by atoms with van der Waals surface area (Å²) < 4.78 is 27.6. The average molecular weight is 335 g/mol. The van der Waals surface area contributed by atoms with E-state index in [9.17, 15) is 13.2 Å². The molecule has 5 nitrogen and oxygen atoms in total. The van der Waals surface area contributed by atoms with E-state index in [1.807, 2.05) is 6.92 Å². The normalized spacial score (nSPS) is 29.5. The van der Waals surface area contributed by atoms with Crippen molar-refractivity contribution >= 4 is 27.6 Å². The zero-order valence-corrected chi connectivity index (χ0v) is 14.4. The van der Waals surface area contributed by atoms with Crippen molar-refractivity contribution in [1.29, 1.82) is 0 Å². The van der Waals surface area contributed by atoms with Crippen molar-refractivity contribution in [3.63, 3.8) is 0 Å². The maximum Gasteiger partial charge on any atom is 0.326 e. The largest absolute Gasteiger partial charge is 0.465 e. The van der Waals surface area contributed by atoms with Crippen molar-refractivity contribution in [2.24, 2.45) is 0 Å². The number of thioether (sulfide) groups is 1. The molecule has 2 rings (SSSR count). The highest BCUT2D eigenvalue weighted by Gasteiger charge is 2.49. The third-order valence-corrected chi connectivity index (χ3v) is 6.52. The Morgan fingerprint density at radius 2 is 2.10 bits per heavy atom. The number of rotatable bonds is 8. The number of esters is 1. The molecule has 0 spiro atoms. The fraction of sp³-hybridized carbons (Fsp3) is 0.929. The van der Waals surface area contributed by atoms with E-state index < -0.39 is 15.4 Å². The van der Waals surface area contributed by atoms with Crippen LogP contribution in [0.4, 0.5) is 0 Å². The minimum absolute atomic E-state index is 0.136. The minimum atomic E-state index is -2.91. The number of carbonyl (C=O) groups is 1. The van der Waals surface area contributed by atoms with Crippen LogP contribution in [-0.4, -0.2) is 55.6 Å². The van der Waals surface area contributed by atoms with Gasteiger partial charge >= 0.3 is 5.97 Å². The quantitative estimate of drug-likeness (QED) is 0.676. The van der Waals surface area contributed by atoms with E-state index in [2.05, 4.69) is 5.32 Å². The lowest BCUT2D eigenvalue weighted by Crippen LogP contribution is -2.52. The summed E-state index contributed by atoms with van der Waals surface area (Å²) in [5.41, 5.74) is -0.542. The van der Waals surface area contributed by atoms with Gasteiger partial charge in [0, 0.05) is 23.3 Å². The molecule has 2 unspecified atom stereocenters. The zero-order chi connectivity index (χ0) is 15.5. The molecule has 0 radical (unpaired) electrons. The molecule has 2 aliphatic carbocycles. The van der Waals surface area contributed by atoms with Crippen LogP contribution in [0.1, 0.15) is 39.0 Å². The first-order valence-corrected chi connectivity index (χ1v) is 10.7. The summed E-state index contributed by atoms with van der Waals surface area (Å²) in [6, 6.07) is 0.453. The Kier molecular flexibility index (Phi) is 5.59. The molecule has 0 aromatic heterocycles. The Labute approximate surface area is 131 Å². The van der Waals surface area contributed by atoms with Gasteiger partial charge in [0.05, 0.1) is 12.4 Å². The van der Waals surface area contributed by atoms with Crippen LogP contribution >= 0.6 is 11.8 Å². The molecule has 0 aromatic rings. The number of carbonyl (C=O) groups excluding carboxylic acids is 1. The zero-order valence-electron chi connectivity index (χ0n) is 12.8. The number of hydrogen-bond donors (Lipinski definition) is 1. The second-order valence-corrected chi connectivity index (χ2v) is 9.75. The molecule has 122 valence electrons. The Morgan fingerprint density at radius 3 is 2.67 bits per heavy atom. The Hall–Kier alpha value is -0.270. The van der Waals surface area contributed by atoms with Crippen LogP contribution in [0.2, 0.25) is 0 Å². The first-order valence-electron chi connectivity index (χ1n) is 7.59. The highest BCUT2D eigenvalue weighted by atomic mass is 32.2. The van der Waals surface area contributed by atoms with Gasteiger partial charge in [0.1, 0.15) is 15.4 Å². The summed E-state index contributed by atoms with van der Waals surface area (Å²) in [6.07, 6.45) is 6.00. The maximum absolute atomic E-state index is 12.3. The molecule has 2 fully saturated rings. The Morgan fingerprint density at radius 1 is 1.38 bits per heavy atom. The second kappa shape index (κ2) is 6.87. The van der Waals surface area contributed by atoms with E-state index in [0.717, 1.165) is 32.1 Å². The molecule has 0 aliphatic heterocycles. The van der Waals surface area contributed by atoms with E-state index >= 15 is 0 Å². The molecule has 0 aromatic carbocycles. The van der Waals surface area contributed by atoms with Gasteiger partial charge in [0.15, 0.2) is 0 Å². The Bertz CT molecular complexity index is 475. The lowest BCUT2D eigenvalue weighted by Gasteiger charge is -2.28. The molecular formula is C14H25NO4S2. The van der Waals surface area contributed by atoms with Crippen LogP contribution in [0, 0.1) is 0 Å². The molecule has 0 saturated heterocycles. The van der Waals surface area contributed by atoms with Crippen molar-refractivity contribution in [2.45, 2.75) is 55.9 Å². The smallest absolute Gasteiger partial charge is 0.326 e. The van der Waals surface area contributed by atoms with Gasteiger partial charge in [-0.1, -0.05) is 0 Å². The minimum Gasteiger partial charge on any atom is -0.465 e. The van der Waals surface area contributed by atoms with Gasteiger partial charge in [-0.25, -0.2) is 8.42 Å². The topological polar surface area (TPSA) is 72.5 Å².